The van der Waals surface area contributed by atoms with Crippen LogP contribution in [0.5, 0.6) is 0 Å². The van der Waals surface area contributed by atoms with Crippen molar-refractivity contribution in [2.75, 3.05) is 0 Å². The maximum Gasteiger partial charge on any atom is 0.416 e. The highest BCUT2D eigenvalue weighted by molar-refractivity contribution is 5.66. The number of halogens is 3. The van der Waals surface area contributed by atoms with Crippen molar-refractivity contribution in [3.63, 3.8) is 0 Å². The Balaban J connectivity index is 2.98. The molecule has 0 radical (unpaired) electrons. The lowest BCUT2D eigenvalue weighted by Crippen LogP contribution is -2.24. The average Bonchev–Trinajstić information content (AvgIpc) is 2.14. The molecular formula is C12H13F3O2. The summed E-state index contributed by atoms with van der Waals surface area (Å²) in [5.74, 6) is -0.477. The van der Waals surface area contributed by atoms with E-state index in [0.717, 1.165) is 12.1 Å². The van der Waals surface area contributed by atoms with Gasteiger partial charge in [0.1, 0.15) is 5.60 Å². The van der Waals surface area contributed by atoms with Crippen LogP contribution in [-0.2, 0) is 21.3 Å². The maximum absolute atomic E-state index is 12.3. The molecule has 0 bridgehead atoms. The van der Waals surface area contributed by atoms with Gasteiger partial charge in [0, 0.05) is 6.92 Å². The van der Waals surface area contributed by atoms with E-state index in [-0.39, 0.29) is 0 Å². The molecule has 2 nitrogen and oxygen atoms in total. The first-order chi connectivity index (χ1) is 7.63. The van der Waals surface area contributed by atoms with Crippen molar-refractivity contribution in [3.8, 4) is 0 Å². The lowest BCUT2D eigenvalue weighted by Gasteiger charge is -2.25. The van der Waals surface area contributed by atoms with Crippen molar-refractivity contribution in [2.45, 2.75) is 32.5 Å². The molecule has 0 atom stereocenters. The van der Waals surface area contributed by atoms with E-state index in [9.17, 15) is 18.0 Å². The van der Waals surface area contributed by atoms with Crippen LogP contribution in [0.25, 0.3) is 0 Å². The van der Waals surface area contributed by atoms with E-state index < -0.39 is 23.3 Å². The molecule has 0 fully saturated rings. The number of benzene rings is 1. The van der Waals surface area contributed by atoms with E-state index in [1.807, 2.05) is 0 Å². The third kappa shape index (κ3) is 3.47. The Morgan fingerprint density at radius 1 is 1.06 bits per heavy atom. The van der Waals surface area contributed by atoms with E-state index in [1.54, 1.807) is 13.8 Å². The van der Waals surface area contributed by atoms with Crippen LogP contribution in [0.1, 0.15) is 31.9 Å². The zero-order valence-corrected chi connectivity index (χ0v) is 9.76. The van der Waals surface area contributed by atoms with Gasteiger partial charge in [0.2, 0.25) is 0 Å². The van der Waals surface area contributed by atoms with E-state index in [0.29, 0.717) is 5.56 Å². The first kappa shape index (κ1) is 13.5. The maximum atomic E-state index is 12.3. The largest absolute Gasteiger partial charge is 0.455 e. The fraction of sp³-hybridized carbons (Fsp3) is 0.417. The minimum absolute atomic E-state index is 0.477. The van der Waals surface area contributed by atoms with Crippen molar-refractivity contribution in [1.82, 2.24) is 0 Å². The van der Waals surface area contributed by atoms with Crippen LogP contribution >= 0.6 is 0 Å². The Hall–Kier alpha value is -1.52. The Morgan fingerprint density at radius 3 is 1.82 bits per heavy atom. The number of hydrogen-bond acceptors (Lipinski definition) is 2. The molecule has 0 aliphatic carbocycles. The van der Waals surface area contributed by atoms with Crippen LogP contribution in [0.15, 0.2) is 24.3 Å². The van der Waals surface area contributed by atoms with Gasteiger partial charge in [-0.3, -0.25) is 4.79 Å². The quantitative estimate of drug-likeness (QED) is 0.746. The predicted octanol–water partition coefficient (Wildman–Crippen LogP) is 3.50. The average molecular weight is 246 g/mol. The summed E-state index contributed by atoms with van der Waals surface area (Å²) in [4.78, 5) is 10.9. The molecule has 17 heavy (non-hydrogen) atoms. The molecule has 1 aromatic rings. The fourth-order valence-corrected chi connectivity index (χ4v) is 1.48. The second kappa shape index (κ2) is 4.39. The molecule has 5 heteroatoms. The molecule has 0 unspecified atom stereocenters. The van der Waals surface area contributed by atoms with Gasteiger partial charge >= 0.3 is 12.1 Å². The SMILES string of the molecule is CC(=O)OC(C)(C)c1ccc(C(F)(F)F)cc1. The Morgan fingerprint density at radius 2 is 1.47 bits per heavy atom. The number of carbonyl (C=O) groups is 1. The molecule has 0 amide bonds. The molecule has 0 saturated carbocycles. The summed E-state index contributed by atoms with van der Waals surface area (Å²) in [7, 11) is 0. The number of carbonyl (C=O) groups excluding carboxylic acids is 1. The third-order valence-corrected chi connectivity index (χ3v) is 2.31. The molecule has 0 aliphatic heterocycles. The van der Waals surface area contributed by atoms with Gasteiger partial charge in [-0.2, -0.15) is 13.2 Å². The van der Waals surface area contributed by atoms with Crippen LogP contribution < -0.4 is 0 Å². The Labute approximate surface area is 97.4 Å². The summed E-state index contributed by atoms with van der Waals surface area (Å²) in [5.41, 5.74) is -1.14. The van der Waals surface area contributed by atoms with Crippen molar-refractivity contribution in [2.24, 2.45) is 0 Å². The van der Waals surface area contributed by atoms with Crippen molar-refractivity contribution in [3.05, 3.63) is 35.4 Å². The van der Waals surface area contributed by atoms with E-state index in [4.69, 9.17) is 4.74 Å². The van der Waals surface area contributed by atoms with Gasteiger partial charge in [-0.1, -0.05) is 12.1 Å². The summed E-state index contributed by atoms with van der Waals surface area (Å²) in [6.07, 6.45) is -4.36. The Kier molecular flexibility index (Phi) is 3.50. The summed E-state index contributed by atoms with van der Waals surface area (Å²) < 4.78 is 42.1. The zero-order valence-electron chi connectivity index (χ0n) is 9.76. The monoisotopic (exact) mass is 246 g/mol. The normalized spacial score (nSPS) is 12.4. The molecule has 0 N–H and O–H groups in total. The number of alkyl halides is 3. The predicted molar refractivity (Wildman–Crippen MR) is 56.2 cm³/mol. The molecule has 0 aromatic heterocycles. The van der Waals surface area contributed by atoms with Crippen LogP contribution in [0.3, 0.4) is 0 Å². The highest BCUT2D eigenvalue weighted by Gasteiger charge is 2.31. The molecule has 1 rings (SSSR count). The van der Waals surface area contributed by atoms with Gasteiger partial charge in [0.05, 0.1) is 5.56 Å². The second-order valence-electron chi connectivity index (χ2n) is 4.18. The van der Waals surface area contributed by atoms with Gasteiger partial charge in [-0.05, 0) is 31.5 Å². The topological polar surface area (TPSA) is 26.3 Å². The first-order valence-corrected chi connectivity index (χ1v) is 5.00. The number of ether oxygens (including phenoxy) is 1. The summed E-state index contributed by atoms with van der Waals surface area (Å²) in [5, 5.41) is 0. The highest BCUT2D eigenvalue weighted by Crippen LogP contribution is 2.31. The first-order valence-electron chi connectivity index (χ1n) is 5.00. The molecule has 0 spiro atoms. The van der Waals surface area contributed by atoms with Crippen molar-refractivity contribution >= 4 is 5.97 Å². The summed E-state index contributed by atoms with van der Waals surface area (Å²) in [6.45, 7) is 4.50. The minimum Gasteiger partial charge on any atom is -0.455 e. The molecular weight excluding hydrogens is 233 g/mol. The van der Waals surface area contributed by atoms with Crippen LogP contribution in [-0.4, -0.2) is 5.97 Å². The Bertz CT molecular complexity index is 405. The van der Waals surface area contributed by atoms with Gasteiger partial charge in [-0.15, -0.1) is 0 Å². The van der Waals surface area contributed by atoms with Crippen LogP contribution in [0.4, 0.5) is 13.2 Å². The van der Waals surface area contributed by atoms with Crippen molar-refractivity contribution in [1.29, 1.82) is 0 Å². The summed E-state index contributed by atoms with van der Waals surface area (Å²) >= 11 is 0. The van der Waals surface area contributed by atoms with Crippen molar-refractivity contribution < 1.29 is 22.7 Å². The molecule has 0 saturated heterocycles. The highest BCUT2D eigenvalue weighted by atomic mass is 19.4. The van der Waals surface area contributed by atoms with Gasteiger partial charge in [0.25, 0.3) is 0 Å². The van der Waals surface area contributed by atoms with Crippen LogP contribution in [0, 0.1) is 0 Å². The van der Waals surface area contributed by atoms with E-state index >= 15 is 0 Å². The zero-order chi connectivity index (χ0) is 13.3. The lowest BCUT2D eigenvalue weighted by molar-refractivity contribution is -0.154. The third-order valence-electron chi connectivity index (χ3n) is 2.31. The number of hydrogen-bond donors (Lipinski definition) is 0. The lowest BCUT2D eigenvalue weighted by atomic mass is 9.97. The number of esters is 1. The molecule has 94 valence electrons. The number of rotatable bonds is 2. The van der Waals surface area contributed by atoms with Gasteiger partial charge < -0.3 is 4.74 Å². The molecule has 1 aromatic carbocycles. The standard InChI is InChI=1S/C12H13F3O2/c1-8(16)17-11(2,3)9-4-6-10(7-5-9)12(13,14)15/h4-7H,1-3H3. The molecule has 0 heterocycles. The fourth-order valence-electron chi connectivity index (χ4n) is 1.48. The molecule has 0 aliphatic rings. The van der Waals surface area contributed by atoms with Gasteiger partial charge in [0.15, 0.2) is 0 Å². The minimum atomic E-state index is -4.36. The second-order valence-corrected chi connectivity index (χ2v) is 4.18. The summed E-state index contributed by atoms with van der Waals surface area (Å²) in [6, 6.07) is 4.57. The van der Waals surface area contributed by atoms with Gasteiger partial charge in [-0.25, -0.2) is 0 Å². The van der Waals surface area contributed by atoms with E-state index in [1.165, 1.54) is 19.1 Å². The van der Waals surface area contributed by atoms with E-state index in [2.05, 4.69) is 0 Å². The smallest absolute Gasteiger partial charge is 0.416 e. The van der Waals surface area contributed by atoms with Crippen LogP contribution in [0.2, 0.25) is 0 Å².